The van der Waals surface area contributed by atoms with Crippen molar-refractivity contribution >= 4 is 33.8 Å². The molecular weight excluding hydrogens is 366 g/mol. The lowest BCUT2D eigenvalue weighted by molar-refractivity contribution is -0.121. The molecule has 120 valence electrons. The van der Waals surface area contributed by atoms with Crippen LogP contribution in [0.3, 0.4) is 0 Å². The Bertz CT molecular complexity index is 885. The summed E-state index contributed by atoms with van der Waals surface area (Å²) >= 11 is 3.45. The maximum atomic E-state index is 13.1. The van der Waals surface area contributed by atoms with E-state index in [-0.39, 0.29) is 11.8 Å². The molecule has 0 unspecified atom stereocenters. The Morgan fingerprint density at radius 3 is 2.58 bits per heavy atom. The lowest BCUT2D eigenvalue weighted by atomic mass is 9.68. The number of carbonyl (C=O) groups is 2. The first-order valence-corrected chi connectivity index (χ1v) is 8.68. The standard InChI is InChI=1S/C20H16BrNO2/c1-12-10-20(16-4-2-3-5-17(16)22-19(20)24)18(15(12)11-23)13-6-8-14(21)9-7-13/h2-9,11,18H,10H2,1H3,(H,22,24)/t18-,20+/m1/s1. The number of rotatable bonds is 2. The van der Waals surface area contributed by atoms with Crippen LogP contribution in [-0.4, -0.2) is 12.2 Å². The summed E-state index contributed by atoms with van der Waals surface area (Å²) in [5.74, 6) is -0.278. The first-order valence-electron chi connectivity index (χ1n) is 7.89. The molecule has 1 aliphatic carbocycles. The van der Waals surface area contributed by atoms with Gasteiger partial charge in [0.05, 0.1) is 5.41 Å². The van der Waals surface area contributed by atoms with Crippen LogP contribution in [0.15, 0.2) is 64.1 Å². The Morgan fingerprint density at radius 1 is 1.17 bits per heavy atom. The number of anilines is 1. The van der Waals surface area contributed by atoms with Crippen LogP contribution in [0.4, 0.5) is 5.69 Å². The summed E-state index contributed by atoms with van der Waals surface area (Å²) in [4.78, 5) is 24.9. The minimum absolute atomic E-state index is 0.0205. The largest absolute Gasteiger partial charge is 0.325 e. The lowest BCUT2D eigenvalue weighted by Gasteiger charge is -2.31. The number of para-hydroxylation sites is 1. The van der Waals surface area contributed by atoms with E-state index in [9.17, 15) is 9.59 Å². The van der Waals surface area contributed by atoms with Crippen LogP contribution < -0.4 is 5.32 Å². The molecule has 0 fully saturated rings. The Balaban J connectivity index is 1.97. The summed E-state index contributed by atoms with van der Waals surface area (Å²) in [5.41, 5.74) is 3.81. The minimum Gasteiger partial charge on any atom is -0.325 e. The van der Waals surface area contributed by atoms with Crippen molar-refractivity contribution in [3.63, 3.8) is 0 Å². The van der Waals surface area contributed by atoms with Gasteiger partial charge >= 0.3 is 0 Å². The van der Waals surface area contributed by atoms with Crippen LogP contribution in [0.1, 0.15) is 30.4 Å². The van der Waals surface area contributed by atoms with Crippen molar-refractivity contribution in [2.45, 2.75) is 24.7 Å². The van der Waals surface area contributed by atoms with Crippen LogP contribution >= 0.6 is 15.9 Å². The highest BCUT2D eigenvalue weighted by Gasteiger charge is 2.57. The van der Waals surface area contributed by atoms with Crippen molar-refractivity contribution in [3.05, 3.63) is 75.3 Å². The number of halogens is 1. The van der Waals surface area contributed by atoms with Crippen LogP contribution in [-0.2, 0) is 15.0 Å². The van der Waals surface area contributed by atoms with Crippen LogP contribution in [0.5, 0.6) is 0 Å². The maximum absolute atomic E-state index is 13.1. The Labute approximate surface area is 148 Å². The highest BCUT2D eigenvalue weighted by Crippen LogP contribution is 2.57. The smallest absolute Gasteiger partial charge is 0.236 e. The van der Waals surface area contributed by atoms with Gasteiger partial charge in [-0.1, -0.05) is 51.8 Å². The zero-order valence-corrected chi connectivity index (χ0v) is 14.8. The number of allylic oxidation sites excluding steroid dienone is 2. The highest BCUT2D eigenvalue weighted by molar-refractivity contribution is 9.10. The molecule has 0 bridgehead atoms. The van der Waals surface area contributed by atoms with Crippen LogP contribution in [0.25, 0.3) is 0 Å². The molecule has 2 aliphatic rings. The summed E-state index contributed by atoms with van der Waals surface area (Å²) in [7, 11) is 0. The van der Waals surface area contributed by atoms with Gasteiger partial charge in [-0.3, -0.25) is 9.59 Å². The summed E-state index contributed by atoms with van der Waals surface area (Å²) in [6, 6.07) is 15.7. The molecule has 2 aromatic rings. The third kappa shape index (κ3) is 1.96. The number of nitrogens with one attached hydrogen (secondary N) is 1. The van der Waals surface area contributed by atoms with Crippen molar-refractivity contribution in [2.75, 3.05) is 5.32 Å². The van der Waals surface area contributed by atoms with Crippen molar-refractivity contribution in [1.82, 2.24) is 0 Å². The monoisotopic (exact) mass is 381 g/mol. The van der Waals surface area contributed by atoms with E-state index >= 15 is 0 Å². The van der Waals surface area contributed by atoms with Gasteiger partial charge in [-0.15, -0.1) is 0 Å². The molecular formula is C20H16BrNO2. The predicted octanol–water partition coefficient (Wildman–Crippen LogP) is 4.34. The fourth-order valence-corrected chi connectivity index (χ4v) is 4.49. The molecule has 0 saturated carbocycles. The van der Waals surface area contributed by atoms with Gasteiger partial charge in [-0.2, -0.15) is 0 Å². The summed E-state index contributed by atoms with van der Waals surface area (Å²) in [5, 5.41) is 3.02. The Hall–Kier alpha value is -2.20. The predicted molar refractivity (Wildman–Crippen MR) is 97.0 cm³/mol. The molecule has 4 heteroatoms. The zero-order chi connectivity index (χ0) is 16.9. The third-order valence-corrected chi connectivity index (χ3v) is 5.76. The van der Waals surface area contributed by atoms with Crippen molar-refractivity contribution < 1.29 is 9.59 Å². The molecule has 24 heavy (non-hydrogen) atoms. The molecule has 1 amide bonds. The van der Waals surface area contributed by atoms with Gasteiger partial charge in [0.2, 0.25) is 5.91 Å². The molecule has 1 spiro atoms. The normalized spacial score (nSPS) is 25.1. The summed E-state index contributed by atoms with van der Waals surface area (Å²) in [6.45, 7) is 1.96. The Morgan fingerprint density at radius 2 is 1.88 bits per heavy atom. The Kier molecular flexibility index (Phi) is 3.46. The van der Waals surface area contributed by atoms with Gasteiger partial charge < -0.3 is 5.32 Å². The van der Waals surface area contributed by atoms with Crippen LogP contribution in [0.2, 0.25) is 0 Å². The van der Waals surface area contributed by atoms with E-state index in [1.54, 1.807) is 0 Å². The quantitative estimate of drug-likeness (QED) is 0.786. The second-order valence-corrected chi connectivity index (χ2v) is 7.40. The van der Waals surface area contributed by atoms with E-state index in [4.69, 9.17) is 0 Å². The zero-order valence-electron chi connectivity index (χ0n) is 13.2. The van der Waals surface area contributed by atoms with Gasteiger partial charge in [0.15, 0.2) is 0 Å². The number of carbonyl (C=O) groups excluding carboxylic acids is 2. The van der Waals surface area contributed by atoms with Crippen molar-refractivity contribution in [2.24, 2.45) is 0 Å². The molecule has 1 heterocycles. The molecule has 1 N–H and O–H groups in total. The lowest BCUT2D eigenvalue weighted by Crippen LogP contribution is -2.38. The van der Waals surface area contributed by atoms with Crippen LogP contribution in [0, 0.1) is 0 Å². The molecule has 2 atom stereocenters. The number of aldehydes is 1. The SMILES string of the molecule is CC1=C(C=O)[C@@H](c2ccc(Br)cc2)[C@@]2(C1)C(=O)Nc1ccccc12. The maximum Gasteiger partial charge on any atom is 0.236 e. The highest BCUT2D eigenvalue weighted by atomic mass is 79.9. The van der Waals surface area contributed by atoms with E-state index < -0.39 is 5.41 Å². The van der Waals surface area contributed by atoms with E-state index in [1.807, 2.05) is 55.5 Å². The minimum atomic E-state index is -0.731. The van der Waals surface area contributed by atoms with E-state index in [2.05, 4.69) is 21.2 Å². The molecule has 0 radical (unpaired) electrons. The number of hydrogen-bond acceptors (Lipinski definition) is 2. The fourth-order valence-electron chi connectivity index (χ4n) is 4.22. The number of hydrogen-bond donors (Lipinski definition) is 1. The fraction of sp³-hybridized carbons (Fsp3) is 0.200. The average molecular weight is 382 g/mol. The summed E-state index contributed by atoms with van der Waals surface area (Å²) in [6.07, 6.45) is 1.50. The third-order valence-electron chi connectivity index (χ3n) is 5.23. The number of fused-ring (bicyclic) bond motifs is 2. The number of amides is 1. The molecule has 2 aromatic carbocycles. The number of benzene rings is 2. The van der Waals surface area contributed by atoms with E-state index in [0.29, 0.717) is 6.42 Å². The van der Waals surface area contributed by atoms with Gasteiger partial charge in [-0.25, -0.2) is 0 Å². The molecule has 3 nitrogen and oxygen atoms in total. The second-order valence-electron chi connectivity index (χ2n) is 6.49. The molecule has 0 aromatic heterocycles. The molecule has 1 aliphatic heterocycles. The van der Waals surface area contributed by atoms with E-state index in [1.165, 1.54) is 0 Å². The van der Waals surface area contributed by atoms with Crippen molar-refractivity contribution in [1.29, 1.82) is 0 Å². The molecule has 0 saturated heterocycles. The van der Waals surface area contributed by atoms with Gasteiger partial charge in [0, 0.05) is 16.1 Å². The first kappa shape index (κ1) is 15.3. The average Bonchev–Trinajstić information content (AvgIpc) is 3.03. The topological polar surface area (TPSA) is 46.2 Å². The van der Waals surface area contributed by atoms with Gasteiger partial charge in [0.1, 0.15) is 6.29 Å². The molecule has 4 rings (SSSR count). The first-order chi connectivity index (χ1) is 11.6. The van der Waals surface area contributed by atoms with Gasteiger partial charge in [-0.05, 0) is 48.2 Å². The van der Waals surface area contributed by atoms with Crippen molar-refractivity contribution in [3.8, 4) is 0 Å². The summed E-state index contributed by atoms with van der Waals surface area (Å²) < 4.78 is 0.975. The second kappa shape index (κ2) is 5.42. The van der Waals surface area contributed by atoms with Gasteiger partial charge in [0.25, 0.3) is 0 Å². The van der Waals surface area contributed by atoms with E-state index in [0.717, 1.165) is 38.7 Å².